The number of thiophene rings is 1. The summed E-state index contributed by atoms with van der Waals surface area (Å²) in [7, 11) is 0. The van der Waals surface area contributed by atoms with Crippen LogP contribution in [0.15, 0.2) is 11.4 Å². The van der Waals surface area contributed by atoms with E-state index in [1.807, 2.05) is 16.2 Å². The van der Waals surface area contributed by atoms with Crippen molar-refractivity contribution in [2.24, 2.45) is 0 Å². The van der Waals surface area contributed by atoms with Crippen molar-refractivity contribution in [3.05, 3.63) is 21.9 Å². The third kappa shape index (κ3) is 2.25. The van der Waals surface area contributed by atoms with Crippen LogP contribution in [0.4, 0.5) is 0 Å². The summed E-state index contributed by atoms with van der Waals surface area (Å²) in [4.78, 5) is 27.1. The first-order valence-electron chi connectivity index (χ1n) is 7.97. The number of rotatable bonds is 1. The maximum absolute atomic E-state index is 12.5. The molecule has 0 aromatic carbocycles. The maximum atomic E-state index is 12.5. The van der Waals surface area contributed by atoms with E-state index in [1.165, 1.54) is 10.4 Å². The molecule has 0 radical (unpaired) electrons. The molecule has 0 bridgehead atoms. The van der Waals surface area contributed by atoms with Crippen LogP contribution in [0, 0.1) is 0 Å². The molecule has 0 saturated carbocycles. The zero-order chi connectivity index (χ0) is 15.2. The number of piperidine rings is 1. The van der Waals surface area contributed by atoms with E-state index < -0.39 is 0 Å². The van der Waals surface area contributed by atoms with Crippen LogP contribution in [0.1, 0.15) is 36.1 Å². The van der Waals surface area contributed by atoms with E-state index in [0.717, 1.165) is 25.9 Å². The lowest BCUT2D eigenvalue weighted by atomic mass is 9.82. The fourth-order valence-corrected chi connectivity index (χ4v) is 4.83. The number of hydrogen-bond acceptors (Lipinski definition) is 4. The van der Waals surface area contributed by atoms with Gasteiger partial charge in [-0.15, -0.1) is 11.3 Å². The fourth-order valence-electron chi connectivity index (χ4n) is 3.88. The van der Waals surface area contributed by atoms with E-state index in [0.29, 0.717) is 25.9 Å². The molecule has 1 aromatic heterocycles. The van der Waals surface area contributed by atoms with E-state index in [4.69, 9.17) is 4.74 Å². The number of amides is 2. The second-order valence-electron chi connectivity index (χ2n) is 6.33. The highest BCUT2D eigenvalue weighted by Gasteiger charge is 2.43. The van der Waals surface area contributed by atoms with Crippen LogP contribution >= 0.6 is 11.3 Å². The number of hydrogen-bond donors (Lipinski definition) is 1. The van der Waals surface area contributed by atoms with Gasteiger partial charge in [0.2, 0.25) is 11.8 Å². The average Bonchev–Trinajstić information content (AvgIpc) is 3.17. The average molecular weight is 320 g/mol. The lowest BCUT2D eigenvalue weighted by molar-refractivity contribution is -0.143. The molecule has 5 nitrogen and oxygen atoms in total. The highest BCUT2D eigenvalue weighted by atomic mass is 32.1. The lowest BCUT2D eigenvalue weighted by Gasteiger charge is -2.44. The van der Waals surface area contributed by atoms with Gasteiger partial charge in [0.25, 0.3) is 0 Å². The topological polar surface area (TPSA) is 58.6 Å². The van der Waals surface area contributed by atoms with Gasteiger partial charge in [-0.25, -0.2) is 0 Å². The molecular weight excluding hydrogens is 300 g/mol. The Hall–Kier alpha value is -1.40. The van der Waals surface area contributed by atoms with Crippen LogP contribution < -0.4 is 5.32 Å². The summed E-state index contributed by atoms with van der Waals surface area (Å²) in [6.07, 6.45) is 3.80. The molecule has 2 amide bonds. The summed E-state index contributed by atoms with van der Waals surface area (Å²) in [5.41, 5.74) is 1.15. The molecule has 1 atom stereocenters. The van der Waals surface area contributed by atoms with Gasteiger partial charge >= 0.3 is 0 Å². The molecule has 3 aliphatic rings. The minimum atomic E-state index is -0.314. The highest BCUT2D eigenvalue weighted by molar-refractivity contribution is 7.10. The number of nitrogens with one attached hydrogen (secondary N) is 1. The van der Waals surface area contributed by atoms with Crippen LogP contribution in [0.3, 0.4) is 0 Å². The van der Waals surface area contributed by atoms with Gasteiger partial charge < -0.3 is 15.0 Å². The van der Waals surface area contributed by atoms with Crippen molar-refractivity contribution in [2.75, 3.05) is 19.7 Å². The molecule has 22 heavy (non-hydrogen) atoms. The van der Waals surface area contributed by atoms with Gasteiger partial charge in [-0.2, -0.15) is 0 Å². The molecule has 6 heteroatoms. The predicted molar refractivity (Wildman–Crippen MR) is 82.6 cm³/mol. The Morgan fingerprint density at radius 2 is 2.18 bits per heavy atom. The number of carbonyl (C=O) groups excluding carboxylic acids is 2. The van der Waals surface area contributed by atoms with E-state index in [9.17, 15) is 9.59 Å². The van der Waals surface area contributed by atoms with Crippen molar-refractivity contribution >= 4 is 23.2 Å². The van der Waals surface area contributed by atoms with Gasteiger partial charge in [-0.1, -0.05) is 0 Å². The zero-order valence-corrected chi connectivity index (χ0v) is 13.3. The van der Waals surface area contributed by atoms with Crippen molar-refractivity contribution in [3.8, 4) is 0 Å². The molecule has 4 rings (SSSR count). The summed E-state index contributed by atoms with van der Waals surface area (Å²) < 4.78 is 6.16. The third-order valence-electron chi connectivity index (χ3n) is 5.12. The zero-order valence-electron chi connectivity index (χ0n) is 12.5. The lowest BCUT2D eigenvalue weighted by Crippen LogP contribution is -2.52. The minimum absolute atomic E-state index is 0.00893. The Bertz CT molecular complexity index is 604. The second-order valence-corrected chi connectivity index (χ2v) is 7.33. The molecule has 1 aromatic rings. The molecule has 1 N–H and O–H groups in total. The van der Waals surface area contributed by atoms with Crippen molar-refractivity contribution in [1.82, 2.24) is 10.2 Å². The van der Waals surface area contributed by atoms with Gasteiger partial charge in [-0.05, 0) is 36.3 Å². The Morgan fingerprint density at radius 3 is 2.91 bits per heavy atom. The molecule has 3 aliphatic heterocycles. The SMILES string of the molecule is O=C1CC[C@H](C(=O)N2CCC3(CC2)OCCc2sccc23)N1. The Balaban J connectivity index is 1.45. The molecule has 2 saturated heterocycles. The number of carbonyl (C=O) groups is 2. The minimum Gasteiger partial charge on any atom is -0.370 e. The van der Waals surface area contributed by atoms with E-state index in [2.05, 4.69) is 16.8 Å². The smallest absolute Gasteiger partial charge is 0.245 e. The summed E-state index contributed by atoms with van der Waals surface area (Å²) in [5.74, 6) is 0.0624. The summed E-state index contributed by atoms with van der Waals surface area (Å²) in [6.45, 7) is 2.20. The van der Waals surface area contributed by atoms with Gasteiger partial charge in [-0.3, -0.25) is 9.59 Å². The van der Waals surface area contributed by atoms with Crippen LogP contribution in [0.25, 0.3) is 0 Å². The van der Waals surface area contributed by atoms with E-state index in [-0.39, 0.29) is 23.5 Å². The normalized spacial score (nSPS) is 26.8. The number of nitrogens with zero attached hydrogens (tertiary/aromatic N) is 1. The first-order valence-corrected chi connectivity index (χ1v) is 8.85. The van der Waals surface area contributed by atoms with Crippen LogP contribution in [-0.4, -0.2) is 42.5 Å². The summed E-state index contributed by atoms with van der Waals surface area (Å²) >= 11 is 1.81. The van der Waals surface area contributed by atoms with Crippen LogP contribution in [-0.2, 0) is 26.3 Å². The Morgan fingerprint density at radius 1 is 1.36 bits per heavy atom. The fraction of sp³-hybridized carbons (Fsp3) is 0.625. The Labute approximate surface area is 133 Å². The summed E-state index contributed by atoms with van der Waals surface area (Å²) in [5, 5.41) is 4.92. The van der Waals surface area contributed by atoms with Crippen LogP contribution in [0.2, 0.25) is 0 Å². The molecular formula is C16H20N2O3S. The summed E-state index contributed by atoms with van der Waals surface area (Å²) in [6, 6.07) is 1.87. The largest absolute Gasteiger partial charge is 0.370 e. The number of likely N-dealkylation sites (tertiary alicyclic amines) is 1. The molecule has 0 unspecified atom stereocenters. The van der Waals surface area contributed by atoms with Crippen molar-refractivity contribution in [1.29, 1.82) is 0 Å². The molecule has 118 valence electrons. The predicted octanol–water partition coefficient (Wildman–Crippen LogP) is 1.42. The van der Waals surface area contributed by atoms with Crippen LogP contribution in [0.5, 0.6) is 0 Å². The number of fused-ring (bicyclic) bond motifs is 2. The first kappa shape index (κ1) is 14.2. The van der Waals surface area contributed by atoms with Gasteiger partial charge in [0.15, 0.2) is 0 Å². The quantitative estimate of drug-likeness (QED) is 0.851. The molecule has 4 heterocycles. The van der Waals surface area contributed by atoms with Crippen molar-refractivity contribution in [2.45, 2.75) is 43.7 Å². The molecule has 0 aliphatic carbocycles. The second kappa shape index (κ2) is 5.35. The monoisotopic (exact) mass is 320 g/mol. The number of ether oxygens (including phenoxy) is 1. The van der Waals surface area contributed by atoms with Gasteiger partial charge in [0.1, 0.15) is 6.04 Å². The van der Waals surface area contributed by atoms with Gasteiger partial charge in [0, 0.05) is 30.8 Å². The first-order chi connectivity index (χ1) is 10.7. The molecule has 1 spiro atoms. The van der Waals surface area contributed by atoms with Crippen molar-refractivity contribution in [3.63, 3.8) is 0 Å². The standard InChI is InChI=1S/C16H20N2O3S/c19-14-2-1-12(17-14)15(20)18-7-5-16(6-8-18)11-4-10-22-13(11)3-9-21-16/h4,10,12H,1-3,5-9H2,(H,17,19)/t12-/m1/s1. The van der Waals surface area contributed by atoms with E-state index >= 15 is 0 Å². The highest BCUT2D eigenvalue weighted by Crippen LogP contribution is 2.43. The Kier molecular flexibility index (Phi) is 3.46. The van der Waals surface area contributed by atoms with Gasteiger partial charge in [0.05, 0.1) is 12.2 Å². The molecule has 2 fully saturated rings. The maximum Gasteiger partial charge on any atom is 0.245 e. The van der Waals surface area contributed by atoms with E-state index in [1.54, 1.807) is 0 Å². The third-order valence-corrected chi connectivity index (χ3v) is 6.10. The van der Waals surface area contributed by atoms with Crippen molar-refractivity contribution < 1.29 is 14.3 Å².